The molecule has 0 radical (unpaired) electrons. The zero-order valence-corrected chi connectivity index (χ0v) is 11.8. The standard InChI is InChI=1S/C14H15ClN2O3/c1-2-10-13(19)16-11(18)8-17(10)14(20)12(15)9-6-4-3-5-7-9/h3-7,10,12H,2,8H2,1H3,(H,16,18,19). The minimum Gasteiger partial charge on any atom is -0.320 e. The largest absolute Gasteiger partial charge is 0.320 e. The quantitative estimate of drug-likeness (QED) is 0.673. The Bertz CT molecular complexity index is 532. The molecule has 1 aromatic carbocycles. The number of amides is 3. The number of piperazine rings is 1. The second-order valence-electron chi connectivity index (χ2n) is 4.58. The minimum absolute atomic E-state index is 0.140. The number of carbonyl (C=O) groups is 3. The van der Waals surface area contributed by atoms with Crippen LogP contribution >= 0.6 is 11.6 Å². The zero-order chi connectivity index (χ0) is 14.7. The molecule has 0 aromatic heterocycles. The maximum absolute atomic E-state index is 12.4. The lowest BCUT2D eigenvalue weighted by Crippen LogP contribution is -2.60. The van der Waals surface area contributed by atoms with Crippen LogP contribution in [0, 0.1) is 0 Å². The number of nitrogens with one attached hydrogen (secondary N) is 1. The summed E-state index contributed by atoms with van der Waals surface area (Å²) in [6, 6.07) is 8.21. The molecule has 20 heavy (non-hydrogen) atoms. The van der Waals surface area contributed by atoms with Gasteiger partial charge in [-0.3, -0.25) is 19.7 Å². The fraction of sp³-hybridized carbons (Fsp3) is 0.357. The number of imide groups is 1. The third-order valence-electron chi connectivity index (χ3n) is 3.23. The third-order valence-corrected chi connectivity index (χ3v) is 3.67. The van der Waals surface area contributed by atoms with E-state index in [4.69, 9.17) is 11.6 Å². The minimum atomic E-state index is -0.899. The second kappa shape index (κ2) is 6.05. The van der Waals surface area contributed by atoms with Gasteiger partial charge in [-0.05, 0) is 12.0 Å². The monoisotopic (exact) mass is 294 g/mol. The summed E-state index contributed by atoms with van der Waals surface area (Å²) in [4.78, 5) is 36.9. The first-order chi connectivity index (χ1) is 9.54. The van der Waals surface area contributed by atoms with Gasteiger partial charge in [0.05, 0.1) is 0 Å². The summed E-state index contributed by atoms with van der Waals surface area (Å²) in [7, 11) is 0. The predicted octanol–water partition coefficient (Wildman–Crippen LogP) is 1.23. The van der Waals surface area contributed by atoms with Gasteiger partial charge in [0, 0.05) is 0 Å². The Morgan fingerprint density at radius 1 is 1.40 bits per heavy atom. The number of nitrogens with zero attached hydrogens (tertiary/aromatic N) is 1. The molecule has 1 aliphatic heterocycles. The van der Waals surface area contributed by atoms with Crippen LogP contribution in [0.4, 0.5) is 0 Å². The van der Waals surface area contributed by atoms with Crippen molar-refractivity contribution in [3.63, 3.8) is 0 Å². The van der Waals surface area contributed by atoms with E-state index < -0.39 is 29.1 Å². The molecule has 2 atom stereocenters. The van der Waals surface area contributed by atoms with Crippen LogP contribution in [-0.2, 0) is 14.4 Å². The van der Waals surface area contributed by atoms with Gasteiger partial charge in [-0.1, -0.05) is 37.3 Å². The smallest absolute Gasteiger partial charge is 0.249 e. The van der Waals surface area contributed by atoms with Gasteiger partial charge in [0.25, 0.3) is 0 Å². The number of hydrogen-bond donors (Lipinski definition) is 1. The molecule has 0 saturated carbocycles. The third kappa shape index (κ3) is 2.82. The van der Waals surface area contributed by atoms with Crippen molar-refractivity contribution in [1.29, 1.82) is 0 Å². The average Bonchev–Trinajstić information content (AvgIpc) is 2.46. The molecule has 106 valence electrons. The molecule has 2 unspecified atom stereocenters. The van der Waals surface area contributed by atoms with Crippen LogP contribution in [-0.4, -0.2) is 35.2 Å². The maximum Gasteiger partial charge on any atom is 0.249 e. The molecule has 0 bridgehead atoms. The molecule has 1 fully saturated rings. The molecule has 2 rings (SSSR count). The van der Waals surface area contributed by atoms with Crippen molar-refractivity contribution in [2.24, 2.45) is 0 Å². The molecule has 6 heteroatoms. The Morgan fingerprint density at radius 3 is 2.65 bits per heavy atom. The van der Waals surface area contributed by atoms with Crippen LogP contribution in [0.5, 0.6) is 0 Å². The molecule has 5 nitrogen and oxygen atoms in total. The van der Waals surface area contributed by atoms with Crippen LogP contribution in [0.2, 0.25) is 0 Å². The molecule has 3 amide bonds. The Balaban J connectivity index is 2.22. The van der Waals surface area contributed by atoms with Gasteiger partial charge in [0.15, 0.2) is 0 Å². The van der Waals surface area contributed by atoms with E-state index in [1.165, 1.54) is 4.90 Å². The summed E-state index contributed by atoms with van der Waals surface area (Å²) in [6.07, 6.45) is 0.434. The van der Waals surface area contributed by atoms with Crippen molar-refractivity contribution in [3.05, 3.63) is 35.9 Å². The van der Waals surface area contributed by atoms with Crippen molar-refractivity contribution < 1.29 is 14.4 Å². The Hall–Kier alpha value is -1.88. The van der Waals surface area contributed by atoms with Gasteiger partial charge in [-0.2, -0.15) is 0 Å². The van der Waals surface area contributed by atoms with Gasteiger partial charge in [-0.25, -0.2) is 0 Å². The number of rotatable bonds is 3. The summed E-state index contributed by atoms with van der Waals surface area (Å²) in [5.41, 5.74) is 0.646. The van der Waals surface area contributed by atoms with Crippen LogP contribution < -0.4 is 5.32 Å². The first kappa shape index (κ1) is 14.5. The van der Waals surface area contributed by atoms with Crippen molar-refractivity contribution >= 4 is 29.3 Å². The summed E-state index contributed by atoms with van der Waals surface area (Å²) >= 11 is 6.17. The van der Waals surface area contributed by atoms with E-state index in [0.717, 1.165) is 0 Å². The fourth-order valence-electron chi connectivity index (χ4n) is 2.21. The van der Waals surface area contributed by atoms with Crippen molar-refractivity contribution in [2.75, 3.05) is 6.54 Å². The summed E-state index contributed by atoms with van der Waals surface area (Å²) < 4.78 is 0. The summed E-state index contributed by atoms with van der Waals surface area (Å²) in [5, 5.41) is 1.33. The van der Waals surface area contributed by atoms with E-state index >= 15 is 0 Å². The van der Waals surface area contributed by atoms with Crippen molar-refractivity contribution in [1.82, 2.24) is 10.2 Å². The first-order valence-corrected chi connectivity index (χ1v) is 6.81. The second-order valence-corrected chi connectivity index (χ2v) is 5.01. The van der Waals surface area contributed by atoms with E-state index in [1.54, 1.807) is 31.2 Å². The molecule has 1 aliphatic rings. The Labute approximate surface area is 121 Å². The highest BCUT2D eigenvalue weighted by molar-refractivity contribution is 6.31. The first-order valence-electron chi connectivity index (χ1n) is 6.37. The van der Waals surface area contributed by atoms with E-state index in [-0.39, 0.29) is 6.54 Å². The normalized spacial score (nSPS) is 20.5. The van der Waals surface area contributed by atoms with E-state index in [0.29, 0.717) is 12.0 Å². The van der Waals surface area contributed by atoms with Crippen LogP contribution in [0.15, 0.2) is 30.3 Å². The highest BCUT2D eigenvalue weighted by atomic mass is 35.5. The lowest BCUT2D eigenvalue weighted by molar-refractivity contribution is -0.150. The van der Waals surface area contributed by atoms with Gasteiger partial charge in [0.2, 0.25) is 17.7 Å². The highest BCUT2D eigenvalue weighted by Gasteiger charge is 2.38. The molecular weight excluding hydrogens is 280 g/mol. The predicted molar refractivity (Wildman–Crippen MR) is 74.0 cm³/mol. The SMILES string of the molecule is CCC1C(=O)NC(=O)CN1C(=O)C(Cl)c1ccccc1. The van der Waals surface area contributed by atoms with E-state index in [2.05, 4.69) is 5.32 Å². The number of alkyl halides is 1. The number of halogens is 1. The molecule has 0 aliphatic carbocycles. The average molecular weight is 295 g/mol. The van der Waals surface area contributed by atoms with Gasteiger partial charge < -0.3 is 4.90 Å². The number of carbonyl (C=O) groups excluding carboxylic acids is 3. The lowest BCUT2D eigenvalue weighted by atomic mass is 10.1. The molecule has 1 aromatic rings. The molecule has 0 spiro atoms. The molecular formula is C14H15ClN2O3. The maximum atomic E-state index is 12.4. The number of benzene rings is 1. The fourth-order valence-corrected chi connectivity index (χ4v) is 2.48. The molecule has 1 saturated heterocycles. The van der Waals surface area contributed by atoms with Crippen molar-refractivity contribution in [3.8, 4) is 0 Å². The van der Waals surface area contributed by atoms with E-state index in [9.17, 15) is 14.4 Å². The topological polar surface area (TPSA) is 66.5 Å². The van der Waals surface area contributed by atoms with Crippen LogP contribution in [0.3, 0.4) is 0 Å². The van der Waals surface area contributed by atoms with Crippen LogP contribution in [0.25, 0.3) is 0 Å². The van der Waals surface area contributed by atoms with Gasteiger partial charge >= 0.3 is 0 Å². The summed E-state index contributed by atoms with van der Waals surface area (Å²) in [5.74, 6) is -1.35. The Morgan fingerprint density at radius 2 is 2.05 bits per heavy atom. The number of hydrogen-bond acceptors (Lipinski definition) is 3. The zero-order valence-electron chi connectivity index (χ0n) is 11.0. The molecule has 1 N–H and O–H groups in total. The van der Waals surface area contributed by atoms with Gasteiger partial charge in [0.1, 0.15) is 18.0 Å². The Kier molecular flexibility index (Phi) is 4.39. The molecule has 1 heterocycles. The van der Waals surface area contributed by atoms with Crippen molar-refractivity contribution in [2.45, 2.75) is 24.8 Å². The lowest BCUT2D eigenvalue weighted by Gasteiger charge is -2.34. The van der Waals surface area contributed by atoms with E-state index in [1.807, 2.05) is 6.07 Å². The van der Waals surface area contributed by atoms with Crippen LogP contribution in [0.1, 0.15) is 24.3 Å². The highest BCUT2D eigenvalue weighted by Crippen LogP contribution is 2.25. The van der Waals surface area contributed by atoms with Gasteiger partial charge in [-0.15, -0.1) is 11.6 Å². The summed E-state index contributed by atoms with van der Waals surface area (Å²) in [6.45, 7) is 1.64.